The van der Waals surface area contributed by atoms with Crippen molar-refractivity contribution in [1.29, 1.82) is 0 Å². The van der Waals surface area contributed by atoms with E-state index in [9.17, 15) is 20.1 Å². The van der Waals surface area contributed by atoms with Crippen LogP contribution in [0.1, 0.15) is 32.4 Å². The molecule has 10 nitrogen and oxygen atoms in total. The van der Waals surface area contributed by atoms with Gasteiger partial charge in [0.15, 0.2) is 6.10 Å². The average Bonchev–Trinajstić information content (AvgIpc) is 3.05. The van der Waals surface area contributed by atoms with Gasteiger partial charge >= 0.3 is 5.97 Å². The van der Waals surface area contributed by atoms with E-state index in [1.807, 2.05) is 0 Å². The van der Waals surface area contributed by atoms with E-state index in [1.165, 1.54) is 4.68 Å². The number of hydrogen-bond acceptors (Lipinski definition) is 8. The molecule has 0 saturated carbocycles. The van der Waals surface area contributed by atoms with Crippen LogP contribution in [0.2, 0.25) is 0 Å². The predicted molar refractivity (Wildman–Crippen MR) is 95.0 cm³/mol. The molecule has 5 unspecified atom stereocenters. The Morgan fingerprint density at radius 2 is 2.00 bits per heavy atom. The summed E-state index contributed by atoms with van der Waals surface area (Å²) in [6.45, 7) is 6.21. The largest absolute Gasteiger partial charge is 0.479 e. The van der Waals surface area contributed by atoms with E-state index in [2.05, 4.69) is 29.5 Å². The van der Waals surface area contributed by atoms with E-state index in [0.717, 1.165) is 31.6 Å². The summed E-state index contributed by atoms with van der Waals surface area (Å²) in [4.78, 5) is 11.2. The van der Waals surface area contributed by atoms with Crippen molar-refractivity contribution in [3.05, 3.63) is 11.9 Å². The smallest absolute Gasteiger partial charge is 0.335 e. The number of aliphatic carboxylic acids is 1. The lowest BCUT2D eigenvalue weighted by Crippen LogP contribution is -2.60. The van der Waals surface area contributed by atoms with Crippen LogP contribution in [-0.4, -0.2) is 85.0 Å². The molecule has 1 aromatic heterocycles. The highest BCUT2D eigenvalue weighted by atomic mass is 16.6. The lowest BCUT2D eigenvalue weighted by Gasteiger charge is -2.38. The lowest BCUT2D eigenvalue weighted by atomic mass is 9.95. The zero-order valence-electron chi connectivity index (χ0n) is 15.7. The molecule has 1 aliphatic rings. The van der Waals surface area contributed by atoms with Crippen molar-refractivity contribution in [3.63, 3.8) is 0 Å². The highest BCUT2D eigenvalue weighted by Gasteiger charge is 2.47. The van der Waals surface area contributed by atoms with Gasteiger partial charge in [-0.05, 0) is 38.3 Å². The Kier molecular flexibility index (Phi) is 8.11. The van der Waals surface area contributed by atoms with Gasteiger partial charge in [-0.3, -0.25) is 0 Å². The Labute approximate surface area is 158 Å². The second-order valence-electron chi connectivity index (χ2n) is 7.35. The van der Waals surface area contributed by atoms with E-state index in [-0.39, 0.29) is 6.54 Å². The Balaban J connectivity index is 1.88. The van der Waals surface area contributed by atoms with E-state index in [1.54, 1.807) is 6.20 Å². The number of carboxylic acid groups (broad SMARTS) is 1. The second kappa shape index (κ2) is 10.1. The van der Waals surface area contributed by atoms with Crippen LogP contribution in [0.5, 0.6) is 0 Å². The van der Waals surface area contributed by atoms with Gasteiger partial charge in [-0.1, -0.05) is 19.1 Å². The van der Waals surface area contributed by atoms with Gasteiger partial charge in [-0.15, -0.1) is 5.10 Å². The number of aryl methyl sites for hydroxylation is 1. The minimum atomic E-state index is -1.69. The van der Waals surface area contributed by atoms with Gasteiger partial charge in [-0.2, -0.15) is 0 Å². The molecule has 0 amide bonds. The van der Waals surface area contributed by atoms with Crippen molar-refractivity contribution in [1.82, 2.24) is 20.3 Å². The first-order valence-corrected chi connectivity index (χ1v) is 9.31. The zero-order chi connectivity index (χ0) is 20.0. The molecule has 1 aromatic rings. The molecule has 2 heterocycles. The van der Waals surface area contributed by atoms with Crippen LogP contribution in [0.25, 0.3) is 0 Å². The number of ether oxygens (including phenoxy) is 1. The van der Waals surface area contributed by atoms with Crippen molar-refractivity contribution < 1.29 is 30.0 Å². The fourth-order valence-electron chi connectivity index (χ4n) is 3.01. The summed E-state index contributed by atoms with van der Waals surface area (Å²) >= 11 is 0. The highest BCUT2D eigenvalue weighted by Crippen LogP contribution is 2.23. The van der Waals surface area contributed by atoms with Crippen LogP contribution in [0, 0.1) is 5.92 Å². The molecule has 27 heavy (non-hydrogen) atoms. The van der Waals surface area contributed by atoms with E-state index >= 15 is 0 Å². The van der Waals surface area contributed by atoms with Gasteiger partial charge in [0.1, 0.15) is 24.4 Å². The quantitative estimate of drug-likeness (QED) is 0.312. The monoisotopic (exact) mass is 386 g/mol. The number of hydrogen-bond donors (Lipinski definition) is 5. The normalized spacial score (nSPS) is 28.6. The number of nitrogens with one attached hydrogen (secondary N) is 1. The Hall–Kier alpha value is -1.59. The number of rotatable bonds is 10. The van der Waals surface area contributed by atoms with Gasteiger partial charge in [0.05, 0.1) is 18.4 Å². The molecule has 5 N–H and O–H groups in total. The van der Waals surface area contributed by atoms with Crippen molar-refractivity contribution >= 4 is 5.97 Å². The summed E-state index contributed by atoms with van der Waals surface area (Å²) in [5.41, 5.74) is 0.823. The third-order valence-electron chi connectivity index (χ3n) is 4.69. The van der Waals surface area contributed by atoms with Crippen molar-refractivity contribution in [2.45, 2.75) is 70.2 Å². The van der Waals surface area contributed by atoms with Crippen LogP contribution in [0.3, 0.4) is 0 Å². The molecule has 10 heteroatoms. The fourth-order valence-corrected chi connectivity index (χ4v) is 3.01. The first-order valence-electron chi connectivity index (χ1n) is 9.31. The Morgan fingerprint density at radius 1 is 1.26 bits per heavy atom. The van der Waals surface area contributed by atoms with Crippen LogP contribution >= 0.6 is 0 Å². The first kappa shape index (κ1) is 21.7. The van der Waals surface area contributed by atoms with Gasteiger partial charge in [-0.25, -0.2) is 9.48 Å². The molecule has 5 atom stereocenters. The second-order valence-corrected chi connectivity index (χ2v) is 7.35. The Bertz CT molecular complexity index is 596. The number of aromatic nitrogens is 3. The molecule has 0 radical (unpaired) electrons. The van der Waals surface area contributed by atoms with E-state index in [0.29, 0.717) is 12.3 Å². The third kappa shape index (κ3) is 5.94. The van der Waals surface area contributed by atoms with Gasteiger partial charge in [0.25, 0.3) is 0 Å². The lowest BCUT2D eigenvalue weighted by molar-refractivity contribution is -0.230. The first-order chi connectivity index (χ1) is 12.8. The van der Waals surface area contributed by atoms with Crippen molar-refractivity contribution in [3.8, 4) is 0 Å². The average molecular weight is 386 g/mol. The number of aliphatic hydroxyl groups is 3. The van der Waals surface area contributed by atoms with Gasteiger partial charge in [0.2, 0.25) is 0 Å². The molecular formula is C17H30N4O6. The summed E-state index contributed by atoms with van der Waals surface area (Å²) in [6.07, 6.45) is -3.04. The van der Waals surface area contributed by atoms with Crippen LogP contribution in [-0.2, 0) is 22.5 Å². The molecule has 0 bridgehead atoms. The standard InChI is InChI=1S/C17H30N4O6/c1-10(2)5-7-18-6-3-4-11-8-19-20-21(11)9-12-13(22)14(23)15(24)16(27-12)17(25)26/h8,10,12-16,18,22-24H,3-7,9H2,1-2H3,(H,25,26). The molecule has 0 aromatic carbocycles. The molecule has 1 saturated heterocycles. The third-order valence-corrected chi connectivity index (χ3v) is 4.69. The Morgan fingerprint density at radius 3 is 2.67 bits per heavy atom. The highest BCUT2D eigenvalue weighted by molar-refractivity contribution is 5.73. The van der Waals surface area contributed by atoms with Crippen LogP contribution < -0.4 is 5.32 Å². The zero-order valence-corrected chi connectivity index (χ0v) is 15.7. The van der Waals surface area contributed by atoms with E-state index < -0.39 is 36.5 Å². The SMILES string of the molecule is CC(C)CCNCCCc1cnnn1CC1OC(C(=O)O)C(O)C(O)C1O. The topological polar surface area (TPSA) is 150 Å². The molecule has 0 spiro atoms. The number of aliphatic hydroxyl groups excluding tert-OH is 3. The molecule has 154 valence electrons. The molecule has 0 aliphatic carbocycles. The fraction of sp³-hybridized carbons (Fsp3) is 0.824. The number of carboxylic acids is 1. The molecule has 2 rings (SSSR count). The summed E-state index contributed by atoms with van der Waals surface area (Å²) in [6, 6.07) is 0. The maximum Gasteiger partial charge on any atom is 0.335 e. The number of nitrogens with zero attached hydrogens (tertiary/aromatic N) is 3. The number of carbonyl (C=O) groups is 1. The summed E-state index contributed by atoms with van der Waals surface area (Å²) < 4.78 is 6.82. The summed E-state index contributed by atoms with van der Waals surface area (Å²) in [7, 11) is 0. The molecular weight excluding hydrogens is 356 g/mol. The van der Waals surface area contributed by atoms with Crippen molar-refractivity contribution in [2.24, 2.45) is 5.92 Å². The molecule has 1 aliphatic heterocycles. The van der Waals surface area contributed by atoms with Crippen LogP contribution in [0.15, 0.2) is 6.20 Å². The van der Waals surface area contributed by atoms with Crippen LogP contribution in [0.4, 0.5) is 0 Å². The van der Waals surface area contributed by atoms with Gasteiger partial charge < -0.3 is 30.5 Å². The maximum atomic E-state index is 11.2. The van der Waals surface area contributed by atoms with Gasteiger partial charge in [0, 0.05) is 0 Å². The summed E-state index contributed by atoms with van der Waals surface area (Å²) in [5, 5.41) is 50.1. The predicted octanol–water partition coefficient (Wildman–Crippen LogP) is -1.22. The molecule has 1 fully saturated rings. The minimum absolute atomic E-state index is 0.0326. The maximum absolute atomic E-state index is 11.2. The van der Waals surface area contributed by atoms with E-state index in [4.69, 9.17) is 9.84 Å². The minimum Gasteiger partial charge on any atom is -0.479 e. The summed E-state index contributed by atoms with van der Waals surface area (Å²) in [5.74, 6) is -0.738. The van der Waals surface area contributed by atoms with Crippen molar-refractivity contribution in [2.75, 3.05) is 13.1 Å².